The predicted octanol–water partition coefficient (Wildman–Crippen LogP) is 3.66. The highest BCUT2D eigenvalue weighted by molar-refractivity contribution is 7.91. The second-order valence-corrected chi connectivity index (χ2v) is 9.01. The van der Waals surface area contributed by atoms with E-state index in [2.05, 4.69) is 5.32 Å². The van der Waals surface area contributed by atoms with Gasteiger partial charge in [-0.05, 0) is 36.6 Å². The molecule has 3 N–H and O–H groups in total. The smallest absolute Gasteiger partial charge is 0.258 e. The van der Waals surface area contributed by atoms with Gasteiger partial charge >= 0.3 is 0 Å². The van der Waals surface area contributed by atoms with Gasteiger partial charge in [-0.1, -0.05) is 31.4 Å². The van der Waals surface area contributed by atoms with Crippen LogP contribution < -0.4 is 11.1 Å². The second kappa shape index (κ2) is 9.39. The number of carbonyl (C=O) groups excluding carboxylic acids is 1. The number of amides is 1. The minimum atomic E-state index is -3.18. The molecule has 1 heterocycles. The number of furan rings is 1. The van der Waals surface area contributed by atoms with Gasteiger partial charge in [-0.15, -0.1) is 12.4 Å². The van der Waals surface area contributed by atoms with Crippen molar-refractivity contribution < 1.29 is 17.6 Å². The Bertz CT molecular complexity index is 873. The van der Waals surface area contributed by atoms with E-state index in [9.17, 15) is 13.2 Å². The molecule has 0 saturated heterocycles. The highest BCUT2D eigenvalue weighted by Gasteiger charge is 2.27. The fourth-order valence-electron chi connectivity index (χ4n) is 3.32. The molecule has 2 aromatic rings. The summed E-state index contributed by atoms with van der Waals surface area (Å²) in [5.74, 6) is 0.216. The van der Waals surface area contributed by atoms with Gasteiger partial charge in [-0.25, -0.2) is 8.42 Å². The van der Waals surface area contributed by atoms with Crippen molar-refractivity contribution in [3.63, 3.8) is 0 Å². The molecular formula is C19H25ClN2O4S. The average molecular weight is 413 g/mol. The molecule has 1 amide bonds. The van der Waals surface area contributed by atoms with E-state index in [1.165, 1.54) is 6.26 Å². The summed E-state index contributed by atoms with van der Waals surface area (Å²) in [6, 6.07) is 8.57. The van der Waals surface area contributed by atoms with E-state index in [0.717, 1.165) is 32.1 Å². The van der Waals surface area contributed by atoms with E-state index in [4.69, 9.17) is 10.2 Å². The highest BCUT2D eigenvalue weighted by Crippen LogP contribution is 2.26. The Kier molecular flexibility index (Phi) is 7.47. The van der Waals surface area contributed by atoms with Crippen molar-refractivity contribution in [2.24, 2.45) is 5.73 Å². The molecule has 6 nitrogen and oxygen atoms in total. The van der Waals surface area contributed by atoms with Crippen molar-refractivity contribution in [3.8, 4) is 0 Å². The maximum atomic E-state index is 12.6. The lowest BCUT2D eigenvalue weighted by atomic mass is 10.0. The number of carbonyl (C=O) groups is 1. The lowest BCUT2D eigenvalue weighted by Gasteiger charge is -2.21. The van der Waals surface area contributed by atoms with Crippen LogP contribution in [0.3, 0.4) is 0 Å². The van der Waals surface area contributed by atoms with Gasteiger partial charge in [0.2, 0.25) is 0 Å². The molecule has 8 heteroatoms. The van der Waals surface area contributed by atoms with E-state index in [1.54, 1.807) is 30.3 Å². The molecule has 3 rings (SSSR count). The van der Waals surface area contributed by atoms with Crippen LogP contribution in [0.25, 0.3) is 0 Å². The van der Waals surface area contributed by atoms with Crippen molar-refractivity contribution in [2.45, 2.75) is 49.7 Å². The predicted molar refractivity (Wildman–Crippen MR) is 108 cm³/mol. The number of rotatable bonds is 6. The first kappa shape index (κ1) is 21.5. The van der Waals surface area contributed by atoms with Crippen molar-refractivity contribution in [3.05, 3.63) is 53.5 Å². The highest BCUT2D eigenvalue weighted by atomic mass is 35.5. The number of hydrogen-bond acceptors (Lipinski definition) is 5. The van der Waals surface area contributed by atoms with Gasteiger partial charge in [0.25, 0.3) is 5.91 Å². The van der Waals surface area contributed by atoms with Gasteiger partial charge in [0, 0.05) is 5.69 Å². The number of hydrogen-bond donors (Lipinski definition) is 2. The van der Waals surface area contributed by atoms with Crippen molar-refractivity contribution in [1.82, 2.24) is 0 Å². The van der Waals surface area contributed by atoms with Crippen molar-refractivity contribution >= 4 is 33.8 Å². The Morgan fingerprint density at radius 2 is 1.93 bits per heavy atom. The van der Waals surface area contributed by atoms with Crippen LogP contribution in [0.5, 0.6) is 0 Å². The minimum Gasteiger partial charge on any atom is -0.467 e. The Morgan fingerprint density at radius 3 is 2.59 bits per heavy atom. The van der Waals surface area contributed by atoms with E-state index in [1.807, 2.05) is 0 Å². The number of nitrogens with one attached hydrogen (secondary N) is 1. The van der Waals surface area contributed by atoms with Crippen LogP contribution in [0.4, 0.5) is 5.69 Å². The zero-order chi connectivity index (χ0) is 18.6. The van der Waals surface area contributed by atoms with Crippen LogP contribution in [0.2, 0.25) is 0 Å². The maximum Gasteiger partial charge on any atom is 0.258 e. The van der Waals surface area contributed by atoms with Gasteiger partial charge in [-0.3, -0.25) is 4.79 Å². The SMILES string of the molecule is Cl.NCc1cc(C(=O)Nc2cccc(CS(=O)(=O)C3CCCCC3)c2)co1. The molecule has 1 saturated carbocycles. The van der Waals surface area contributed by atoms with E-state index >= 15 is 0 Å². The first-order valence-corrected chi connectivity index (χ1v) is 10.6. The number of anilines is 1. The Morgan fingerprint density at radius 1 is 1.19 bits per heavy atom. The van der Waals surface area contributed by atoms with E-state index in [-0.39, 0.29) is 35.9 Å². The lowest BCUT2D eigenvalue weighted by molar-refractivity contribution is 0.102. The Hall–Kier alpha value is -1.83. The normalized spacial score (nSPS) is 15.1. The summed E-state index contributed by atoms with van der Waals surface area (Å²) in [5, 5.41) is 2.53. The van der Waals surface area contributed by atoms with Crippen LogP contribution in [0.1, 0.15) is 53.8 Å². The summed E-state index contributed by atoms with van der Waals surface area (Å²) in [5.41, 5.74) is 7.09. The van der Waals surface area contributed by atoms with Crippen molar-refractivity contribution in [2.75, 3.05) is 5.32 Å². The fraction of sp³-hybridized carbons (Fsp3) is 0.421. The van der Waals surface area contributed by atoms with Crippen LogP contribution in [-0.2, 0) is 22.1 Å². The molecule has 1 aromatic heterocycles. The topological polar surface area (TPSA) is 102 Å². The minimum absolute atomic E-state index is 0. The third-order valence-corrected chi connectivity index (χ3v) is 6.95. The molecule has 1 fully saturated rings. The quantitative estimate of drug-likeness (QED) is 0.753. The summed E-state index contributed by atoms with van der Waals surface area (Å²) in [4.78, 5) is 12.3. The molecule has 27 heavy (non-hydrogen) atoms. The van der Waals surface area contributed by atoms with Crippen LogP contribution in [0.15, 0.2) is 41.0 Å². The first-order chi connectivity index (χ1) is 12.5. The molecule has 0 radical (unpaired) electrons. The molecule has 0 spiro atoms. The molecule has 0 unspecified atom stereocenters. The number of benzene rings is 1. The van der Waals surface area contributed by atoms with Gasteiger partial charge < -0.3 is 15.5 Å². The van der Waals surface area contributed by atoms with Gasteiger partial charge in [0.15, 0.2) is 9.84 Å². The third-order valence-electron chi connectivity index (χ3n) is 4.73. The second-order valence-electron chi connectivity index (χ2n) is 6.73. The van der Waals surface area contributed by atoms with Gasteiger partial charge in [0.05, 0.1) is 23.1 Å². The molecule has 1 aliphatic rings. The zero-order valence-electron chi connectivity index (χ0n) is 15.0. The standard InChI is InChI=1S/C19H24N2O4S.ClH/c20-11-17-10-15(12-25-17)19(22)21-16-6-4-5-14(9-16)13-26(23,24)18-7-2-1-3-8-18;/h4-6,9-10,12,18H,1-3,7-8,11,13,20H2,(H,21,22);1H. The van der Waals surface area contributed by atoms with Crippen molar-refractivity contribution in [1.29, 1.82) is 0 Å². The van der Waals surface area contributed by atoms with Crippen LogP contribution >= 0.6 is 12.4 Å². The van der Waals surface area contributed by atoms with E-state index < -0.39 is 9.84 Å². The molecule has 1 aromatic carbocycles. The third kappa shape index (κ3) is 5.57. The zero-order valence-corrected chi connectivity index (χ0v) is 16.7. The Balaban J connectivity index is 0.00000261. The lowest BCUT2D eigenvalue weighted by Crippen LogP contribution is -2.25. The van der Waals surface area contributed by atoms with Crippen LogP contribution in [-0.4, -0.2) is 19.6 Å². The number of nitrogens with two attached hydrogens (primary N) is 1. The van der Waals surface area contributed by atoms with E-state index in [0.29, 0.717) is 22.6 Å². The van der Waals surface area contributed by atoms with Gasteiger partial charge in [-0.2, -0.15) is 0 Å². The number of halogens is 1. The Labute approximate surface area is 165 Å². The first-order valence-electron chi connectivity index (χ1n) is 8.87. The molecule has 0 aliphatic heterocycles. The summed E-state index contributed by atoms with van der Waals surface area (Å²) in [6.45, 7) is 0.224. The average Bonchev–Trinajstić information content (AvgIpc) is 3.12. The summed E-state index contributed by atoms with van der Waals surface area (Å²) in [6.07, 6.45) is 5.94. The fourth-order valence-corrected chi connectivity index (χ4v) is 5.25. The molecule has 1 aliphatic carbocycles. The summed E-state index contributed by atoms with van der Waals surface area (Å²) >= 11 is 0. The molecule has 148 valence electrons. The monoisotopic (exact) mass is 412 g/mol. The molecule has 0 atom stereocenters. The number of sulfone groups is 1. The molecular weight excluding hydrogens is 388 g/mol. The summed E-state index contributed by atoms with van der Waals surface area (Å²) < 4.78 is 30.4. The van der Waals surface area contributed by atoms with Crippen LogP contribution in [0, 0.1) is 0 Å². The summed E-state index contributed by atoms with van der Waals surface area (Å²) in [7, 11) is -3.18. The largest absolute Gasteiger partial charge is 0.467 e. The van der Waals surface area contributed by atoms with Gasteiger partial charge in [0.1, 0.15) is 12.0 Å². The maximum absolute atomic E-state index is 12.6. The molecule has 0 bridgehead atoms.